The third kappa shape index (κ3) is 3.31. The number of hydrogen-bond donors (Lipinski definition) is 0. The van der Waals surface area contributed by atoms with E-state index in [4.69, 9.17) is 0 Å². The van der Waals surface area contributed by atoms with Gasteiger partial charge in [-0.25, -0.2) is 8.42 Å². The predicted molar refractivity (Wildman–Crippen MR) is 95.2 cm³/mol. The fourth-order valence-electron chi connectivity index (χ4n) is 3.13. The van der Waals surface area contributed by atoms with Crippen molar-refractivity contribution < 1.29 is 13.2 Å². The van der Waals surface area contributed by atoms with E-state index >= 15 is 0 Å². The maximum Gasteiger partial charge on any atom is 0.266 e. The van der Waals surface area contributed by atoms with Gasteiger partial charge in [-0.3, -0.25) is 4.79 Å². The lowest BCUT2D eigenvalue weighted by Crippen LogP contribution is -2.47. The third-order valence-corrected chi connectivity index (χ3v) is 6.62. The quantitative estimate of drug-likeness (QED) is 0.833. The first-order chi connectivity index (χ1) is 11.4. The number of sulfonamides is 1. The fraction of sp³-hybridized carbons (Fsp3) is 0.500. The van der Waals surface area contributed by atoms with E-state index in [1.165, 1.54) is 15.6 Å². The van der Waals surface area contributed by atoms with Crippen LogP contribution < -0.4 is 4.80 Å². The number of thiazole rings is 1. The van der Waals surface area contributed by atoms with Crippen LogP contribution in [0.2, 0.25) is 0 Å². The second kappa shape index (κ2) is 6.78. The first kappa shape index (κ1) is 17.3. The minimum atomic E-state index is -3.40. The molecule has 1 aliphatic heterocycles. The maximum atomic E-state index is 12.7. The second-order valence-corrected chi connectivity index (χ2v) is 8.88. The van der Waals surface area contributed by atoms with Crippen molar-refractivity contribution in [2.75, 3.05) is 12.8 Å². The Morgan fingerprint density at radius 1 is 1.33 bits per heavy atom. The molecule has 0 radical (unpaired) electrons. The highest BCUT2D eigenvalue weighted by Crippen LogP contribution is 2.21. The SMILES string of the molecule is CCn1c(=NC(=O)C2CCCCN2S(C)(=O)=O)sc2ccccc21. The van der Waals surface area contributed by atoms with Crippen LogP contribution in [0.1, 0.15) is 26.2 Å². The summed E-state index contributed by atoms with van der Waals surface area (Å²) in [6.07, 6.45) is 3.32. The number of hydrogen-bond acceptors (Lipinski definition) is 4. The Kier molecular flexibility index (Phi) is 4.89. The summed E-state index contributed by atoms with van der Waals surface area (Å²) in [5.74, 6) is -0.367. The normalized spacial score (nSPS) is 20.6. The Balaban J connectivity index is 2.03. The number of aryl methyl sites for hydroxylation is 1. The van der Waals surface area contributed by atoms with Crippen LogP contribution in [0.3, 0.4) is 0 Å². The highest BCUT2D eigenvalue weighted by molar-refractivity contribution is 7.88. The van der Waals surface area contributed by atoms with E-state index in [-0.39, 0.29) is 5.91 Å². The molecule has 1 amide bonds. The molecule has 2 heterocycles. The van der Waals surface area contributed by atoms with Gasteiger partial charge in [-0.1, -0.05) is 29.9 Å². The third-order valence-electron chi connectivity index (χ3n) is 4.27. The van der Waals surface area contributed by atoms with Gasteiger partial charge in [0, 0.05) is 13.1 Å². The van der Waals surface area contributed by atoms with Crippen molar-refractivity contribution in [2.24, 2.45) is 4.99 Å². The number of piperidine rings is 1. The van der Waals surface area contributed by atoms with Crippen LogP contribution in [0.15, 0.2) is 29.3 Å². The molecule has 0 bridgehead atoms. The molecule has 1 fully saturated rings. The van der Waals surface area contributed by atoms with Crippen molar-refractivity contribution in [3.63, 3.8) is 0 Å². The molecule has 24 heavy (non-hydrogen) atoms. The van der Waals surface area contributed by atoms with Crippen molar-refractivity contribution in [3.8, 4) is 0 Å². The Morgan fingerprint density at radius 3 is 2.79 bits per heavy atom. The maximum absolute atomic E-state index is 12.7. The molecule has 0 saturated carbocycles. The number of carbonyl (C=O) groups is 1. The van der Waals surface area contributed by atoms with Crippen LogP contribution in [0, 0.1) is 0 Å². The van der Waals surface area contributed by atoms with E-state index < -0.39 is 16.1 Å². The van der Waals surface area contributed by atoms with Crippen LogP contribution in [0.25, 0.3) is 10.2 Å². The molecule has 1 unspecified atom stereocenters. The number of carbonyl (C=O) groups excluding carboxylic acids is 1. The van der Waals surface area contributed by atoms with Gasteiger partial charge < -0.3 is 4.57 Å². The molecule has 130 valence electrons. The van der Waals surface area contributed by atoms with Gasteiger partial charge >= 0.3 is 0 Å². The molecular weight excluding hydrogens is 346 g/mol. The molecule has 0 spiro atoms. The van der Waals surface area contributed by atoms with Crippen LogP contribution >= 0.6 is 11.3 Å². The average molecular weight is 367 g/mol. The van der Waals surface area contributed by atoms with Gasteiger partial charge in [-0.15, -0.1) is 0 Å². The number of benzene rings is 1. The predicted octanol–water partition coefficient (Wildman–Crippen LogP) is 1.96. The Bertz CT molecular complexity index is 927. The largest absolute Gasteiger partial charge is 0.317 e. The van der Waals surface area contributed by atoms with Crippen LogP contribution in [-0.4, -0.2) is 42.0 Å². The van der Waals surface area contributed by atoms with Gasteiger partial charge in [-0.2, -0.15) is 9.30 Å². The summed E-state index contributed by atoms with van der Waals surface area (Å²) in [7, 11) is -3.40. The number of fused-ring (bicyclic) bond motifs is 1. The van der Waals surface area contributed by atoms with Crippen LogP contribution in [0.4, 0.5) is 0 Å². The molecule has 1 saturated heterocycles. The van der Waals surface area contributed by atoms with Gasteiger partial charge in [-0.05, 0) is 31.9 Å². The highest BCUT2D eigenvalue weighted by atomic mass is 32.2. The van der Waals surface area contributed by atoms with E-state index in [1.807, 2.05) is 35.8 Å². The minimum absolute atomic E-state index is 0.367. The molecule has 3 rings (SSSR count). The standard InChI is InChI=1S/C16H21N3O3S2/c1-3-18-12-8-4-5-10-14(12)23-16(18)17-15(20)13-9-6-7-11-19(13)24(2,21)22/h4-5,8,10,13H,3,6-7,9,11H2,1-2H3. The van der Waals surface area contributed by atoms with E-state index in [9.17, 15) is 13.2 Å². The van der Waals surface area contributed by atoms with Crippen LogP contribution in [0.5, 0.6) is 0 Å². The molecule has 1 aromatic heterocycles. The smallest absolute Gasteiger partial charge is 0.266 e. The van der Waals surface area contributed by atoms with E-state index in [1.54, 1.807) is 0 Å². The first-order valence-electron chi connectivity index (χ1n) is 8.05. The lowest BCUT2D eigenvalue weighted by Gasteiger charge is -2.31. The summed E-state index contributed by atoms with van der Waals surface area (Å²) in [4.78, 5) is 17.6. The van der Waals surface area contributed by atoms with E-state index in [0.717, 1.165) is 29.3 Å². The molecule has 0 N–H and O–H groups in total. The lowest BCUT2D eigenvalue weighted by atomic mass is 10.0. The number of amides is 1. The molecular formula is C16H21N3O3S2. The first-order valence-corrected chi connectivity index (χ1v) is 10.7. The van der Waals surface area contributed by atoms with Gasteiger partial charge in [0.1, 0.15) is 6.04 Å². The minimum Gasteiger partial charge on any atom is -0.317 e. The Labute approximate surface area is 145 Å². The topological polar surface area (TPSA) is 71.7 Å². The van der Waals surface area contributed by atoms with Gasteiger partial charge in [0.25, 0.3) is 5.91 Å². The zero-order chi connectivity index (χ0) is 17.3. The summed E-state index contributed by atoms with van der Waals surface area (Å²) in [5, 5.41) is 0. The number of para-hydroxylation sites is 1. The molecule has 8 heteroatoms. The molecule has 1 aliphatic rings. The molecule has 0 aliphatic carbocycles. The van der Waals surface area contributed by atoms with Gasteiger partial charge in [0.05, 0.1) is 16.5 Å². The van der Waals surface area contributed by atoms with E-state index in [0.29, 0.717) is 24.3 Å². The monoisotopic (exact) mass is 367 g/mol. The van der Waals surface area contributed by atoms with Crippen LogP contribution in [-0.2, 0) is 21.4 Å². The average Bonchev–Trinajstić information content (AvgIpc) is 2.91. The van der Waals surface area contributed by atoms with Gasteiger partial charge in [0.15, 0.2) is 4.80 Å². The zero-order valence-corrected chi connectivity index (χ0v) is 15.4. The van der Waals surface area contributed by atoms with Crippen molar-refractivity contribution in [3.05, 3.63) is 29.1 Å². The number of nitrogens with zero attached hydrogens (tertiary/aromatic N) is 3. The number of rotatable bonds is 3. The summed E-state index contributed by atoms with van der Waals surface area (Å²) in [6.45, 7) is 3.10. The Hall–Kier alpha value is -1.51. The number of aromatic nitrogens is 1. The summed E-state index contributed by atoms with van der Waals surface area (Å²) < 4.78 is 28.2. The van der Waals surface area contributed by atoms with Crippen molar-refractivity contribution in [2.45, 2.75) is 38.8 Å². The summed E-state index contributed by atoms with van der Waals surface area (Å²) in [6, 6.07) is 7.24. The molecule has 1 aromatic carbocycles. The van der Waals surface area contributed by atoms with E-state index in [2.05, 4.69) is 4.99 Å². The molecule has 6 nitrogen and oxygen atoms in total. The van der Waals surface area contributed by atoms with Gasteiger partial charge in [0.2, 0.25) is 10.0 Å². The lowest BCUT2D eigenvalue weighted by molar-refractivity contribution is -0.122. The fourth-order valence-corrected chi connectivity index (χ4v) is 5.35. The van der Waals surface area contributed by atoms with Crippen molar-refractivity contribution >= 4 is 37.5 Å². The highest BCUT2D eigenvalue weighted by Gasteiger charge is 2.34. The van der Waals surface area contributed by atoms with Crippen molar-refractivity contribution in [1.29, 1.82) is 0 Å². The second-order valence-electron chi connectivity index (χ2n) is 5.93. The summed E-state index contributed by atoms with van der Waals surface area (Å²) in [5.41, 5.74) is 1.04. The Morgan fingerprint density at radius 2 is 2.08 bits per heavy atom. The summed E-state index contributed by atoms with van der Waals surface area (Å²) >= 11 is 1.46. The molecule has 2 aromatic rings. The van der Waals surface area contributed by atoms with Crippen molar-refractivity contribution in [1.82, 2.24) is 8.87 Å². The zero-order valence-electron chi connectivity index (χ0n) is 13.8. The molecule has 1 atom stereocenters.